The predicted molar refractivity (Wildman–Crippen MR) is 87.5 cm³/mol. The zero-order chi connectivity index (χ0) is 14.2. The van der Waals surface area contributed by atoms with Gasteiger partial charge in [-0.3, -0.25) is 0 Å². The highest BCUT2D eigenvalue weighted by Gasteiger charge is 2.09. The summed E-state index contributed by atoms with van der Waals surface area (Å²) in [4.78, 5) is 1.28. The molecule has 2 aromatic carbocycles. The maximum atomic E-state index is 9.51. The van der Waals surface area contributed by atoms with Gasteiger partial charge in [-0.25, -0.2) is 0 Å². The second-order valence-corrected chi connectivity index (χ2v) is 6.44. The van der Waals surface area contributed by atoms with E-state index in [9.17, 15) is 5.11 Å². The molecule has 0 aliphatic rings. The number of aliphatic hydroxyl groups excluding tert-OH is 1. The number of halogens is 1. The summed E-state index contributed by atoms with van der Waals surface area (Å²) in [6.07, 6.45) is 1.88. The average molecular weight is 307 g/mol. The Morgan fingerprint density at radius 1 is 1.05 bits per heavy atom. The van der Waals surface area contributed by atoms with Crippen molar-refractivity contribution < 1.29 is 5.11 Å². The smallest absolute Gasteiger partial charge is 0.0462 e. The van der Waals surface area contributed by atoms with Gasteiger partial charge in [0.25, 0.3) is 0 Å². The molecule has 1 atom stereocenters. The van der Waals surface area contributed by atoms with Crippen LogP contribution in [0.3, 0.4) is 0 Å². The van der Waals surface area contributed by atoms with Crippen LogP contribution in [0.5, 0.6) is 0 Å². The van der Waals surface area contributed by atoms with Crippen molar-refractivity contribution in [3.8, 4) is 0 Å². The van der Waals surface area contributed by atoms with Gasteiger partial charge in [-0.05, 0) is 54.3 Å². The molecule has 1 nitrogen and oxygen atoms in total. The van der Waals surface area contributed by atoms with Crippen molar-refractivity contribution in [1.29, 1.82) is 0 Å². The van der Waals surface area contributed by atoms with Crippen molar-refractivity contribution in [3.05, 3.63) is 65.2 Å². The van der Waals surface area contributed by atoms with E-state index in [2.05, 4.69) is 30.3 Å². The van der Waals surface area contributed by atoms with Crippen LogP contribution in [0.4, 0.5) is 0 Å². The van der Waals surface area contributed by atoms with Crippen LogP contribution >= 0.6 is 23.4 Å². The highest BCUT2D eigenvalue weighted by atomic mass is 35.5. The summed E-state index contributed by atoms with van der Waals surface area (Å²) in [6, 6.07) is 18.3. The summed E-state index contributed by atoms with van der Waals surface area (Å²) < 4.78 is 0. The number of rotatable bonds is 7. The molecule has 2 rings (SSSR count). The molecule has 0 heterocycles. The Hall–Kier alpha value is -0.960. The second kappa shape index (κ2) is 8.35. The molecule has 1 unspecified atom stereocenters. The molecule has 0 aliphatic carbocycles. The highest BCUT2D eigenvalue weighted by molar-refractivity contribution is 7.99. The SMILES string of the molecule is OCC(CCSc1ccccc1)Cc1cccc(Cl)c1. The standard InChI is InChI=1S/C17H19ClOS/c18-16-6-4-5-14(12-16)11-15(13-19)9-10-20-17-7-2-1-3-8-17/h1-8,12,15,19H,9-11,13H2. The lowest BCUT2D eigenvalue weighted by atomic mass is 9.98. The number of thioether (sulfide) groups is 1. The number of hydrogen-bond donors (Lipinski definition) is 1. The maximum Gasteiger partial charge on any atom is 0.0462 e. The van der Waals surface area contributed by atoms with Gasteiger partial charge in [0.1, 0.15) is 0 Å². The molecular formula is C17H19ClOS. The van der Waals surface area contributed by atoms with Crippen LogP contribution in [0.2, 0.25) is 5.02 Å². The van der Waals surface area contributed by atoms with Gasteiger partial charge in [-0.1, -0.05) is 41.9 Å². The average Bonchev–Trinajstić information content (AvgIpc) is 2.47. The van der Waals surface area contributed by atoms with Crippen LogP contribution in [0.15, 0.2) is 59.5 Å². The van der Waals surface area contributed by atoms with Gasteiger partial charge in [0.2, 0.25) is 0 Å². The summed E-state index contributed by atoms with van der Waals surface area (Å²) in [7, 11) is 0. The molecule has 1 N–H and O–H groups in total. The van der Waals surface area contributed by atoms with Gasteiger partial charge < -0.3 is 5.11 Å². The zero-order valence-corrected chi connectivity index (χ0v) is 12.9. The van der Waals surface area contributed by atoms with Gasteiger partial charge in [0.15, 0.2) is 0 Å². The Kier molecular flexibility index (Phi) is 6.44. The Bertz CT molecular complexity index is 515. The molecule has 0 fully saturated rings. The summed E-state index contributed by atoms with van der Waals surface area (Å²) in [5.74, 6) is 1.32. The van der Waals surface area contributed by atoms with Crippen LogP contribution in [0, 0.1) is 5.92 Å². The van der Waals surface area contributed by atoms with Crippen LogP contribution in [-0.4, -0.2) is 17.5 Å². The fourth-order valence-electron chi connectivity index (χ4n) is 2.12. The molecule has 0 aromatic heterocycles. The van der Waals surface area contributed by atoms with Crippen molar-refractivity contribution in [2.24, 2.45) is 5.92 Å². The monoisotopic (exact) mass is 306 g/mol. The summed E-state index contributed by atoms with van der Waals surface area (Å²) >= 11 is 7.83. The molecule has 106 valence electrons. The third-order valence-corrected chi connectivity index (χ3v) is 4.49. The lowest BCUT2D eigenvalue weighted by Gasteiger charge is -2.14. The number of hydrogen-bond acceptors (Lipinski definition) is 2. The van der Waals surface area contributed by atoms with E-state index in [0.29, 0.717) is 5.92 Å². The fraction of sp³-hybridized carbons (Fsp3) is 0.294. The van der Waals surface area contributed by atoms with Crippen molar-refractivity contribution in [1.82, 2.24) is 0 Å². The van der Waals surface area contributed by atoms with Crippen molar-refractivity contribution in [2.45, 2.75) is 17.7 Å². The molecule has 0 spiro atoms. The molecule has 3 heteroatoms. The first-order valence-electron chi connectivity index (χ1n) is 6.81. The molecule has 0 amide bonds. The number of aliphatic hydroxyl groups is 1. The molecule has 0 saturated carbocycles. The minimum absolute atomic E-state index is 0.224. The largest absolute Gasteiger partial charge is 0.396 e. The van der Waals surface area contributed by atoms with Crippen molar-refractivity contribution >= 4 is 23.4 Å². The summed E-state index contributed by atoms with van der Waals surface area (Å²) in [5.41, 5.74) is 1.20. The molecule has 0 aliphatic heterocycles. The maximum absolute atomic E-state index is 9.51. The summed E-state index contributed by atoms with van der Waals surface area (Å²) in [6.45, 7) is 0.224. The van der Waals surface area contributed by atoms with E-state index in [1.807, 2.05) is 36.0 Å². The summed E-state index contributed by atoms with van der Waals surface area (Å²) in [5, 5.41) is 10.3. The van der Waals surface area contributed by atoms with Gasteiger partial charge in [-0.2, -0.15) is 0 Å². The van der Waals surface area contributed by atoms with Gasteiger partial charge >= 0.3 is 0 Å². The minimum atomic E-state index is 0.224. The lowest BCUT2D eigenvalue weighted by Crippen LogP contribution is -2.10. The Morgan fingerprint density at radius 3 is 2.55 bits per heavy atom. The molecule has 0 radical (unpaired) electrons. The van der Waals surface area contributed by atoms with Crippen LogP contribution in [0.1, 0.15) is 12.0 Å². The number of benzene rings is 2. The zero-order valence-electron chi connectivity index (χ0n) is 11.3. The first-order chi connectivity index (χ1) is 9.78. The molecule has 0 saturated heterocycles. The third-order valence-electron chi connectivity index (χ3n) is 3.21. The Morgan fingerprint density at radius 2 is 1.85 bits per heavy atom. The molecule has 0 bridgehead atoms. The normalized spacial score (nSPS) is 12.3. The van der Waals surface area contributed by atoms with Crippen molar-refractivity contribution in [2.75, 3.05) is 12.4 Å². The Balaban J connectivity index is 1.80. The first kappa shape index (κ1) is 15.4. The topological polar surface area (TPSA) is 20.2 Å². The molecule has 20 heavy (non-hydrogen) atoms. The van der Waals surface area contributed by atoms with E-state index in [0.717, 1.165) is 23.6 Å². The molecule has 2 aromatic rings. The highest BCUT2D eigenvalue weighted by Crippen LogP contribution is 2.22. The van der Waals surface area contributed by atoms with E-state index < -0.39 is 0 Å². The van der Waals surface area contributed by atoms with Gasteiger partial charge in [0.05, 0.1) is 0 Å². The van der Waals surface area contributed by atoms with E-state index in [-0.39, 0.29) is 6.61 Å². The van der Waals surface area contributed by atoms with Crippen molar-refractivity contribution in [3.63, 3.8) is 0 Å². The Labute approximate surface area is 130 Å². The van der Waals surface area contributed by atoms with E-state index in [1.54, 1.807) is 0 Å². The first-order valence-corrected chi connectivity index (χ1v) is 8.17. The fourth-order valence-corrected chi connectivity index (χ4v) is 3.36. The minimum Gasteiger partial charge on any atom is -0.396 e. The predicted octanol–water partition coefficient (Wildman–Crippen LogP) is 4.67. The lowest BCUT2D eigenvalue weighted by molar-refractivity contribution is 0.223. The third kappa shape index (κ3) is 5.20. The van der Waals surface area contributed by atoms with Crippen LogP contribution in [0.25, 0.3) is 0 Å². The van der Waals surface area contributed by atoms with E-state index >= 15 is 0 Å². The van der Waals surface area contributed by atoms with E-state index in [1.165, 1.54) is 10.5 Å². The van der Waals surface area contributed by atoms with Crippen LogP contribution < -0.4 is 0 Å². The van der Waals surface area contributed by atoms with Crippen LogP contribution in [-0.2, 0) is 6.42 Å². The van der Waals surface area contributed by atoms with E-state index in [4.69, 9.17) is 11.6 Å². The molecular weight excluding hydrogens is 288 g/mol. The second-order valence-electron chi connectivity index (χ2n) is 4.83. The van der Waals surface area contributed by atoms with Gasteiger partial charge in [-0.15, -0.1) is 11.8 Å². The quantitative estimate of drug-likeness (QED) is 0.750. The van der Waals surface area contributed by atoms with Gasteiger partial charge in [0, 0.05) is 16.5 Å².